The quantitative estimate of drug-likeness (QED) is 0.919. The Bertz CT molecular complexity index is 567. The average Bonchev–Trinajstić information content (AvgIpc) is 2.79. The Hall–Kier alpha value is -2.45. The van der Waals surface area contributed by atoms with Crippen LogP contribution in [0.25, 0.3) is 5.69 Å². The van der Waals surface area contributed by atoms with Crippen molar-refractivity contribution in [2.75, 3.05) is 5.32 Å². The van der Waals surface area contributed by atoms with Crippen molar-refractivity contribution in [3.05, 3.63) is 30.6 Å². The van der Waals surface area contributed by atoms with Crippen molar-refractivity contribution in [1.82, 2.24) is 20.2 Å². The maximum absolute atomic E-state index is 12.0. The SMILES string of the molecule is O=C(CC(F)(F)F)Nc1cccc(-n2cnnn2)c1. The van der Waals surface area contributed by atoms with Crippen LogP contribution in [0.3, 0.4) is 0 Å². The zero-order valence-electron chi connectivity index (χ0n) is 9.42. The largest absolute Gasteiger partial charge is 0.397 e. The number of hydrogen-bond donors (Lipinski definition) is 1. The first-order valence-corrected chi connectivity index (χ1v) is 5.14. The number of alkyl halides is 3. The van der Waals surface area contributed by atoms with E-state index in [1.807, 2.05) is 0 Å². The van der Waals surface area contributed by atoms with Gasteiger partial charge in [-0.05, 0) is 28.6 Å². The van der Waals surface area contributed by atoms with E-state index >= 15 is 0 Å². The number of halogens is 3. The Kier molecular flexibility index (Phi) is 3.45. The molecule has 2 aromatic rings. The monoisotopic (exact) mass is 271 g/mol. The van der Waals surface area contributed by atoms with E-state index in [1.54, 1.807) is 12.1 Å². The highest BCUT2D eigenvalue weighted by Crippen LogP contribution is 2.21. The summed E-state index contributed by atoms with van der Waals surface area (Å²) in [6, 6.07) is 6.16. The van der Waals surface area contributed by atoms with Gasteiger partial charge in [0.1, 0.15) is 12.7 Å². The van der Waals surface area contributed by atoms with E-state index in [9.17, 15) is 18.0 Å². The molecule has 0 spiro atoms. The average molecular weight is 271 g/mol. The number of aromatic nitrogens is 4. The van der Waals surface area contributed by atoms with Gasteiger partial charge in [0.15, 0.2) is 0 Å². The number of tetrazole rings is 1. The summed E-state index contributed by atoms with van der Waals surface area (Å²) < 4.78 is 37.4. The minimum Gasteiger partial charge on any atom is -0.326 e. The van der Waals surface area contributed by atoms with Crippen molar-refractivity contribution in [2.24, 2.45) is 0 Å². The second-order valence-corrected chi connectivity index (χ2v) is 3.64. The lowest BCUT2D eigenvalue weighted by Crippen LogP contribution is -2.21. The van der Waals surface area contributed by atoms with Crippen LogP contribution in [-0.4, -0.2) is 32.3 Å². The lowest BCUT2D eigenvalue weighted by molar-refractivity contribution is -0.150. The molecular weight excluding hydrogens is 263 g/mol. The van der Waals surface area contributed by atoms with Crippen molar-refractivity contribution in [3.8, 4) is 5.69 Å². The van der Waals surface area contributed by atoms with E-state index in [2.05, 4.69) is 20.8 Å². The summed E-state index contributed by atoms with van der Waals surface area (Å²) in [4.78, 5) is 11.1. The summed E-state index contributed by atoms with van der Waals surface area (Å²) in [5.41, 5.74) is 0.761. The van der Waals surface area contributed by atoms with Gasteiger partial charge in [-0.3, -0.25) is 4.79 Å². The number of carbonyl (C=O) groups is 1. The number of hydrogen-bond acceptors (Lipinski definition) is 4. The van der Waals surface area contributed by atoms with Gasteiger partial charge in [-0.15, -0.1) is 5.10 Å². The van der Waals surface area contributed by atoms with Crippen LogP contribution >= 0.6 is 0 Å². The van der Waals surface area contributed by atoms with Crippen LogP contribution in [0.5, 0.6) is 0 Å². The second kappa shape index (κ2) is 5.04. The summed E-state index contributed by atoms with van der Waals surface area (Å²) in [5, 5.41) is 12.7. The van der Waals surface area contributed by atoms with E-state index in [1.165, 1.54) is 23.1 Å². The number of rotatable bonds is 3. The first kappa shape index (κ1) is 13.0. The van der Waals surface area contributed by atoms with Gasteiger partial charge in [-0.1, -0.05) is 6.07 Å². The molecule has 1 amide bonds. The smallest absolute Gasteiger partial charge is 0.326 e. The van der Waals surface area contributed by atoms with Crippen LogP contribution in [0.1, 0.15) is 6.42 Å². The molecule has 0 saturated carbocycles. The van der Waals surface area contributed by atoms with E-state index < -0.39 is 18.5 Å². The van der Waals surface area contributed by atoms with Crippen LogP contribution in [0.2, 0.25) is 0 Å². The fourth-order valence-corrected chi connectivity index (χ4v) is 1.39. The summed E-state index contributed by atoms with van der Waals surface area (Å²) >= 11 is 0. The number of nitrogens with one attached hydrogen (secondary N) is 1. The minimum absolute atomic E-state index is 0.238. The van der Waals surface area contributed by atoms with E-state index in [4.69, 9.17) is 0 Å². The zero-order valence-corrected chi connectivity index (χ0v) is 9.42. The van der Waals surface area contributed by atoms with Gasteiger partial charge < -0.3 is 5.32 Å². The van der Waals surface area contributed by atoms with Crippen LogP contribution in [0, 0.1) is 0 Å². The lowest BCUT2D eigenvalue weighted by atomic mass is 10.2. The van der Waals surface area contributed by atoms with E-state index in [0.717, 1.165) is 0 Å². The van der Waals surface area contributed by atoms with Gasteiger partial charge in [-0.2, -0.15) is 13.2 Å². The third-order valence-corrected chi connectivity index (χ3v) is 2.10. The van der Waals surface area contributed by atoms with Crippen molar-refractivity contribution in [1.29, 1.82) is 0 Å². The van der Waals surface area contributed by atoms with Gasteiger partial charge in [-0.25, -0.2) is 4.68 Å². The molecule has 19 heavy (non-hydrogen) atoms. The van der Waals surface area contributed by atoms with E-state index in [-0.39, 0.29) is 5.69 Å². The molecule has 0 aliphatic heterocycles. The van der Waals surface area contributed by atoms with Gasteiger partial charge in [0.25, 0.3) is 0 Å². The van der Waals surface area contributed by atoms with Crippen molar-refractivity contribution >= 4 is 11.6 Å². The number of anilines is 1. The Labute approximate surface area is 105 Å². The van der Waals surface area contributed by atoms with Gasteiger partial charge in [0.2, 0.25) is 5.91 Å². The normalized spacial score (nSPS) is 11.3. The van der Waals surface area contributed by atoms with Crippen LogP contribution in [0.4, 0.5) is 18.9 Å². The lowest BCUT2D eigenvalue weighted by Gasteiger charge is -2.08. The zero-order chi connectivity index (χ0) is 13.9. The summed E-state index contributed by atoms with van der Waals surface area (Å²) in [7, 11) is 0. The molecule has 1 N–H and O–H groups in total. The first-order chi connectivity index (χ1) is 8.94. The van der Waals surface area contributed by atoms with Gasteiger partial charge in [0, 0.05) is 5.69 Å². The van der Waals surface area contributed by atoms with Crippen LogP contribution in [-0.2, 0) is 4.79 Å². The topological polar surface area (TPSA) is 72.7 Å². The van der Waals surface area contributed by atoms with Gasteiger partial charge in [0.05, 0.1) is 5.69 Å². The molecule has 6 nitrogen and oxygen atoms in total. The molecule has 1 aromatic heterocycles. The number of carbonyl (C=O) groups excluding carboxylic acids is 1. The fourth-order valence-electron chi connectivity index (χ4n) is 1.39. The molecule has 2 rings (SSSR count). The molecule has 1 heterocycles. The highest BCUT2D eigenvalue weighted by molar-refractivity contribution is 5.91. The summed E-state index contributed by atoms with van der Waals surface area (Å²) in [6.45, 7) is 0. The van der Waals surface area contributed by atoms with Crippen LogP contribution < -0.4 is 5.32 Å². The molecule has 0 unspecified atom stereocenters. The Morgan fingerprint density at radius 3 is 2.79 bits per heavy atom. The summed E-state index contributed by atoms with van der Waals surface area (Å²) in [6.07, 6.45) is -4.73. The maximum Gasteiger partial charge on any atom is 0.397 e. The standard InChI is InChI=1S/C10H8F3N5O/c11-10(12,13)5-9(19)15-7-2-1-3-8(4-7)18-6-14-16-17-18/h1-4,6H,5H2,(H,15,19). The molecule has 0 aliphatic carbocycles. The molecule has 100 valence electrons. The number of amides is 1. The Morgan fingerprint density at radius 1 is 1.37 bits per heavy atom. The Morgan fingerprint density at radius 2 is 2.16 bits per heavy atom. The van der Waals surface area contributed by atoms with Crippen molar-refractivity contribution in [3.63, 3.8) is 0 Å². The Balaban J connectivity index is 2.10. The number of nitrogens with zero attached hydrogens (tertiary/aromatic N) is 4. The first-order valence-electron chi connectivity index (χ1n) is 5.14. The highest BCUT2D eigenvalue weighted by Gasteiger charge is 2.31. The highest BCUT2D eigenvalue weighted by atomic mass is 19.4. The molecule has 0 bridgehead atoms. The third-order valence-electron chi connectivity index (χ3n) is 2.10. The van der Waals surface area contributed by atoms with Crippen molar-refractivity contribution in [2.45, 2.75) is 12.6 Å². The molecule has 0 saturated heterocycles. The van der Waals surface area contributed by atoms with Gasteiger partial charge >= 0.3 is 6.18 Å². The molecular formula is C10H8F3N5O. The van der Waals surface area contributed by atoms with E-state index in [0.29, 0.717) is 5.69 Å². The predicted molar refractivity (Wildman–Crippen MR) is 58.5 cm³/mol. The fraction of sp³-hybridized carbons (Fsp3) is 0.200. The third kappa shape index (κ3) is 3.76. The molecule has 1 aromatic carbocycles. The van der Waals surface area contributed by atoms with Crippen molar-refractivity contribution < 1.29 is 18.0 Å². The second-order valence-electron chi connectivity index (χ2n) is 3.64. The predicted octanol–water partition coefficient (Wildman–Crippen LogP) is 1.55. The molecule has 0 atom stereocenters. The number of benzene rings is 1. The molecule has 0 fully saturated rings. The summed E-state index contributed by atoms with van der Waals surface area (Å²) in [5.74, 6) is -1.12. The molecule has 0 radical (unpaired) electrons. The van der Waals surface area contributed by atoms with Crippen LogP contribution in [0.15, 0.2) is 30.6 Å². The molecule has 9 heteroatoms. The maximum atomic E-state index is 12.0. The molecule has 0 aliphatic rings. The minimum atomic E-state index is -4.53.